The molecule has 0 aliphatic carbocycles. The van der Waals surface area contributed by atoms with Gasteiger partial charge in [0.15, 0.2) is 0 Å². The highest BCUT2D eigenvalue weighted by Gasteiger charge is 2.19. The van der Waals surface area contributed by atoms with Crippen LogP contribution in [-0.4, -0.2) is 70.8 Å². The van der Waals surface area contributed by atoms with Gasteiger partial charge in [-0.05, 0) is 62.3 Å². The lowest BCUT2D eigenvalue weighted by Crippen LogP contribution is -2.31. The van der Waals surface area contributed by atoms with Gasteiger partial charge in [0.2, 0.25) is 0 Å². The number of rotatable bonds is 4. The Morgan fingerprint density at radius 3 is 1.04 bits per heavy atom. The van der Waals surface area contributed by atoms with E-state index in [2.05, 4.69) is 41.5 Å². The number of aliphatic hydroxyl groups is 4. The standard InChI is InChI=1S/C8H18O.C4H10O.C3H8O2.C2H6O2/c1-7(2,3)9-8(4,5)6;1-3-5-4-2;1-3(5)2-4;3-1-2-4/h1-6H3;3-4H2,1-2H3;3-5H,2H2,1H3;3-4H,1-2H2. The lowest BCUT2D eigenvalue weighted by atomic mass is 10.1. The molecule has 0 fully saturated rings. The van der Waals surface area contributed by atoms with E-state index in [4.69, 9.17) is 29.9 Å². The fourth-order valence-corrected chi connectivity index (χ4v) is 1.12. The molecule has 4 N–H and O–H groups in total. The first kappa shape index (κ1) is 30.6. The zero-order valence-electron chi connectivity index (χ0n) is 16.7. The maximum Gasteiger partial charge on any atom is 0.0742 e. The molecular formula is C17H42O6. The molecule has 146 valence electrons. The zero-order chi connectivity index (χ0) is 19.5. The Hall–Kier alpha value is -0.240. The van der Waals surface area contributed by atoms with Gasteiger partial charge in [0.1, 0.15) is 0 Å². The van der Waals surface area contributed by atoms with Crippen molar-refractivity contribution in [1.82, 2.24) is 0 Å². The molecule has 0 spiro atoms. The van der Waals surface area contributed by atoms with Crippen LogP contribution in [0.5, 0.6) is 0 Å². The Bertz CT molecular complexity index is 178. The minimum atomic E-state index is -0.560. The second kappa shape index (κ2) is 19.8. The maximum absolute atomic E-state index is 8.11. The van der Waals surface area contributed by atoms with E-state index < -0.39 is 6.10 Å². The smallest absolute Gasteiger partial charge is 0.0742 e. The Balaban J connectivity index is -0.000000112. The Kier molecular flexibility index (Phi) is 26.4. The van der Waals surface area contributed by atoms with Crippen LogP contribution in [-0.2, 0) is 9.47 Å². The Morgan fingerprint density at radius 2 is 1.04 bits per heavy atom. The third-order valence-corrected chi connectivity index (χ3v) is 1.38. The van der Waals surface area contributed by atoms with E-state index >= 15 is 0 Å². The highest BCUT2D eigenvalue weighted by Crippen LogP contribution is 2.17. The second-order valence-electron chi connectivity index (χ2n) is 6.59. The van der Waals surface area contributed by atoms with E-state index in [0.29, 0.717) is 0 Å². The van der Waals surface area contributed by atoms with E-state index in [9.17, 15) is 0 Å². The maximum atomic E-state index is 8.11. The van der Waals surface area contributed by atoms with Gasteiger partial charge in [-0.15, -0.1) is 0 Å². The average molecular weight is 343 g/mol. The Morgan fingerprint density at radius 1 is 0.783 bits per heavy atom. The average Bonchev–Trinajstić information content (AvgIpc) is 2.37. The summed E-state index contributed by atoms with van der Waals surface area (Å²) in [6.07, 6.45) is -0.560. The number of aliphatic hydroxyl groups excluding tert-OH is 4. The quantitative estimate of drug-likeness (QED) is 0.623. The fraction of sp³-hybridized carbons (Fsp3) is 1.00. The van der Waals surface area contributed by atoms with Gasteiger partial charge in [-0.1, -0.05) is 0 Å². The highest BCUT2D eigenvalue weighted by atomic mass is 16.5. The van der Waals surface area contributed by atoms with Gasteiger partial charge in [-0.2, -0.15) is 0 Å². The summed E-state index contributed by atoms with van der Waals surface area (Å²) < 4.78 is 10.5. The lowest BCUT2D eigenvalue weighted by Gasteiger charge is -2.30. The molecule has 6 nitrogen and oxygen atoms in total. The van der Waals surface area contributed by atoms with Crippen LogP contribution in [0.2, 0.25) is 0 Å². The van der Waals surface area contributed by atoms with E-state index in [1.165, 1.54) is 6.92 Å². The van der Waals surface area contributed by atoms with Crippen LogP contribution in [0, 0.1) is 0 Å². The van der Waals surface area contributed by atoms with Crippen molar-refractivity contribution in [2.45, 2.75) is 79.6 Å². The third kappa shape index (κ3) is 73.4. The van der Waals surface area contributed by atoms with Crippen LogP contribution in [0.15, 0.2) is 0 Å². The monoisotopic (exact) mass is 342 g/mol. The van der Waals surface area contributed by atoms with Gasteiger partial charge in [-0.3, -0.25) is 0 Å². The summed E-state index contributed by atoms with van der Waals surface area (Å²) in [7, 11) is 0. The SMILES string of the molecule is CC(C)(C)OC(C)(C)C.CC(O)CO.CCOCC.OCCO. The molecule has 0 saturated carbocycles. The topological polar surface area (TPSA) is 99.4 Å². The molecule has 0 rings (SSSR count). The molecule has 0 aliphatic heterocycles. The first-order chi connectivity index (χ1) is 10.3. The molecule has 0 radical (unpaired) electrons. The van der Waals surface area contributed by atoms with Crippen molar-refractivity contribution in [3.63, 3.8) is 0 Å². The summed E-state index contributed by atoms with van der Waals surface area (Å²) in [5.41, 5.74) is -0.0312. The first-order valence-corrected chi connectivity index (χ1v) is 8.09. The molecule has 0 saturated heterocycles. The van der Waals surface area contributed by atoms with Crippen molar-refractivity contribution >= 4 is 0 Å². The summed E-state index contributed by atoms with van der Waals surface area (Å²) >= 11 is 0. The number of hydrogen-bond acceptors (Lipinski definition) is 6. The van der Waals surface area contributed by atoms with E-state index in [-0.39, 0.29) is 31.0 Å². The lowest BCUT2D eigenvalue weighted by molar-refractivity contribution is -0.102. The highest BCUT2D eigenvalue weighted by molar-refractivity contribution is 4.68. The van der Waals surface area contributed by atoms with Crippen LogP contribution in [0.4, 0.5) is 0 Å². The second-order valence-corrected chi connectivity index (χ2v) is 6.59. The third-order valence-electron chi connectivity index (χ3n) is 1.38. The van der Waals surface area contributed by atoms with Crippen LogP contribution in [0.1, 0.15) is 62.3 Å². The van der Waals surface area contributed by atoms with Crippen molar-refractivity contribution in [3.05, 3.63) is 0 Å². The molecule has 0 aromatic rings. The molecular weight excluding hydrogens is 300 g/mol. The summed E-state index contributed by atoms with van der Waals surface area (Å²) in [5.74, 6) is 0. The predicted octanol–water partition coefficient (Wildman–Crippen LogP) is 1.97. The first-order valence-electron chi connectivity index (χ1n) is 8.09. The van der Waals surface area contributed by atoms with E-state index in [0.717, 1.165) is 13.2 Å². The minimum Gasteiger partial charge on any atom is -0.394 e. The van der Waals surface area contributed by atoms with Crippen LogP contribution >= 0.6 is 0 Å². The van der Waals surface area contributed by atoms with Crippen molar-refractivity contribution in [2.24, 2.45) is 0 Å². The van der Waals surface area contributed by atoms with Gasteiger partial charge in [-0.25, -0.2) is 0 Å². The normalized spacial score (nSPS) is 11.9. The van der Waals surface area contributed by atoms with Crippen LogP contribution in [0.3, 0.4) is 0 Å². The van der Waals surface area contributed by atoms with Crippen molar-refractivity contribution in [2.75, 3.05) is 33.0 Å². The van der Waals surface area contributed by atoms with Crippen molar-refractivity contribution < 1.29 is 29.9 Å². The van der Waals surface area contributed by atoms with Crippen LogP contribution < -0.4 is 0 Å². The van der Waals surface area contributed by atoms with E-state index in [1.807, 2.05) is 13.8 Å². The van der Waals surface area contributed by atoms with Gasteiger partial charge in [0, 0.05) is 13.2 Å². The van der Waals surface area contributed by atoms with Crippen molar-refractivity contribution in [1.29, 1.82) is 0 Å². The molecule has 0 aliphatic rings. The molecule has 0 amide bonds. The molecule has 6 heteroatoms. The molecule has 1 unspecified atom stereocenters. The molecule has 23 heavy (non-hydrogen) atoms. The number of ether oxygens (including phenoxy) is 2. The molecule has 0 heterocycles. The van der Waals surface area contributed by atoms with Gasteiger partial charge >= 0.3 is 0 Å². The van der Waals surface area contributed by atoms with Crippen LogP contribution in [0.25, 0.3) is 0 Å². The van der Waals surface area contributed by atoms with Gasteiger partial charge < -0.3 is 29.9 Å². The largest absolute Gasteiger partial charge is 0.394 e. The zero-order valence-corrected chi connectivity index (χ0v) is 16.7. The molecule has 1 atom stereocenters. The predicted molar refractivity (Wildman–Crippen MR) is 95.7 cm³/mol. The Labute approximate surface area is 143 Å². The molecule has 0 bridgehead atoms. The van der Waals surface area contributed by atoms with Crippen molar-refractivity contribution in [3.8, 4) is 0 Å². The molecule has 0 aromatic carbocycles. The summed E-state index contributed by atoms with van der Waals surface area (Å²) in [5, 5.41) is 31.3. The fourth-order valence-electron chi connectivity index (χ4n) is 1.12. The summed E-state index contributed by atoms with van der Waals surface area (Å²) in [6.45, 7) is 19.2. The minimum absolute atomic E-state index is 0.0156. The van der Waals surface area contributed by atoms with E-state index in [1.54, 1.807) is 0 Å². The molecule has 0 aromatic heterocycles. The van der Waals surface area contributed by atoms with Gasteiger partial charge in [0.25, 0.3) is 0 Å². The summed E-state index contributed by atoms with van der Waals surface area (Å²) in [4.78, 5) is 0. The van der Waals surface area contributed by atoms with Gasteiger partial charge in [0.05, 0.1) is 37.1 Å². The number of hydrogen-bond donors (Lipinski definition) is 4. The summed E-state index contributed by atoms with van der Waals surface area (Å²) in [6, 6.07) is 0.